The number of furan rings is 1. The van der Waals surface area contributed by atoms with Crippen molar-refractivity contribution >= 4 is 0 Å². The topological polar surface area (TPSA) is 43.1 Å². The highest BCUT2D eigenvalue weighted by atomic mass is 16.3. The number of nitrogens with zero attached hydrogens (tertiary/aromatic N) is 3. The Morgan fingerprint density at radius 1 is 1.00 bits per heavy atom. The second-order valence-corrected chi connectivity index (χ2v) is 8.83. The molecule has 0 radical (unpaired) electrons. The van der Waals surface area contributed by atoms with E-state index >= 15 is 0 Å². The summed E-state index contributed by atoms with van der Waals surface area (Å²) in [6, 6.07) is 13.0. The second kappa shape index (κ2) is 7.30. The Morgan fingerprint density at radius 2 is 1.75 bits per heavy atom. The fourth-order valence-corrected chi connectivity index (χ4v) is 5.63. The highest BCUT2D eigenvalue weighted by Crippen LogP contribution is 2.53. The smallest absolute Gasteiger partial charge is 0.117 e. The van der Waals surface area contributed by atoms with Gasteiger partial charge < -0.3 is 14.4 Å². The summed E-state index contributed by atoms with van der Waals surface area (Å²) in [5, 5.41) is 11.7. The zero-order valence-electron chi connectivity index (χ0n) is 16.8. The molecule has 0 saturated carbocycles. The number of piperazine rings is 1. The molecule has 5 nitrogen and oxygen atoms in total. The number of likely N-dealkylation sites (N-methyl/N-ethyl adjacent to an activating group) is 1. The van der Waals surface area contributed by atoms with Crippen molar-refractivity contribution in [3.05, 3.63) is 59.5 Å². The van der Waals surface area contributed by atoms with Crippen LogP contribution < -0.4 is 0 Å². The van der Waals surface area contributed by atoms with Crippen molar-refractivity contribution in [2.45, 2.75) is 36.9 Å². The maximum absolute atomic E-state index is 11.7. The number of fused-ring (bicyclic) bond motifs is 2. The molecule has 0 amide bonds. The van der Waals surface area contributed by atoms with Gasteiger partial charge >= 0.3 is 0 Å². The predicted octanol–water partition coefficient (Wildman–Crippen LogP) is 2.48. The lowest BCUT2D eigenvalue weighted by Gasteiger charge is -2.44. The van der Waals surface area contributed by atoms with Gasteiger partial charge in [0.1, 0.15) is 5.76 Å². The van der Waals surface area contributed by atoms with E-state index in [0.717, 1.165) is 64.4 Å². The first-order chi connectivity index (χ1) is 13.7. The van der Waals surface area contributed by atoms with Gasteiger partial charge in [0, 0.05) is 31.6 Å². The molecule has 28 heavy (non-hydrogen) atoms. The molecule has 3 heterocycles. The quantitative estimate of drug-likeness (QED) is 0.885. The lowest BCUT2D eigenvalue weighted by atomic mass is 9.72. The van der Waals surface area contributed by atoms with Crippen LogP contribution in [0.15, 0.2) is 47.1 Å². The first-order valence-electron chi connectivity index (χ1n) is 10.6. The van der Waals surface area contributed by atoms with Crippen LogP contribution in [-0.2, 0) is 12.0 Å². The van der Waals surface area contributed by atoms with E-state index in [2.05, 4.69) is 46.0 Å². The number of likely N-dealkylation sites (tertiary alicyclic amines) is 1. The Bertz CT molecular complexity index is 790. The molecule has 1 aliphatic carbocycles. The van der Waals surface area contributed by atoms with Crippen LogP contribution in [0.2, 0.25) is 0 Å². The molecule has 150 valence electrons. The van der Waals surface area contributed by atoms with Gasteiger partial charge in [-0.25, -0.2) is 0 Å². The molecule has 2 atom stereocenters. The third-order valence-corrected chi connectivity index (χ3v) is 7.32. The van der Waals surface area contributed by atoms with E-state index < -0.39 is 0 Å². The highest BCUT2D eigenvalue weighted by Gasteiger charge is 2.54. The standard InChI is InChI=1S/C23H31N3O2/c1-24-12-14-26(15-13-24)21-19-6-2-3-7-20(19)23(22(21)27)8-10-25(11-9-23)17-18-5-4-16-28-18/h2-7,16,21-22,27H,8-15,17H2,1H3/t21-,22+/m1/s1. The fraction of sp³-hybridized carbons (Fsp3) is 0.565. The zero-order chi connectivity index (χ0) is 19.1. The van der Waals surface area contributed by atoms with Gasteiger partial charge in [0.15, 0.2) is 0 Å². The lowest BCUT2D eigenvalue weighted by Crippen LogP contribution is -2.52. The van der Waals surface area contributed by atoms with E-state index in [0.29, 0.717) is 0 Å². The molecule has 1 aromatic carbocycles. The number of piperidine rings is 1. The third kappa shape index (κ3) is 3.01. The Labute approximate surface area is 167 Å². The summed E-state index contributed by atoms with van der Waals surface area (Å²) >= 11 is 0. The number of aliphatic hydroxyl groups is 1. The van der Waals surface area contributed by atoms with E-state index in [-0.39, 0.29) is 17.6 Å². The lowest BCUT2D eigenvalue weighted by molar-refractivity contribution is -0.0275. The molecule has 0 unspecified atom stereocenters. The second-order valence-electron chi connectivity index (χ2n) is 8.83. The molecule has 1 aromatic heterocycles. The van der Waals surface area contributed by atoms with Gasteiger partial charge in [-0.15, -0.1) is 0 Å². The maximum Gasteiger partial charge on any atom is 0.117 e. The molecule has 5 rings (SSSR count). The largest absolute Gasteiger partial charge is 0.468 e. The van der Waals surface area contributed by atoms with Gasteiger partial charge in [-0.3, -0.25) is 9.80 Å². The highest BCUT2D eigenvalue weighted by molar-refractivity contribution is 5.45. The van der Waals surface area contributed by atoms with Gasteiger partial charge in [0.25, 0.3) is 0 Å². The van der Waals surface area contributed by atoms with Gasteiger partial charge in [-0.05, 0) is 56.2 Å². The third-order valence-electron chi connectivity index (χ3n) is 7.32. The molecule has 5 heteroatoms. The molecule has 3 aliphatic rings. The van der Waals surface area contributed by atoms with E-state index in [1.165, 1.54) is 11.1 Å². The van der Waals surface area contributed by atoms with Crippen LogP contribution in [0.5, 0.6) is 0 Å². The molecule has 2 aromatic rings. The average molecular weight is 382 g/mol. The summed E-state index contributed by atoms with van der Waals surface area (Å²) in [5.74, 6) is 1.03. The average Bonchev–Trinajstić information content (AvgIpc) is 3.31. The van der Waals surface area contributed by atoms with Gasteiger partial charge in [-0.1, -0.05) is 24.3 Å². The zero-order valence-corrected chi connectivity index (χ0v) is 16.8. The first kappa shape index (κ1) is 18.4. The SMILES string of the molecule is CN1CCN([C@@H]2c3ccccc3C3(CCN(Cc4ccco4)CC3)[C@H]2O)CC1. The maximum atomic E-state index is 11.7. The molecule has 1 spiro atoms. The van der Waals surface area contributed by atoms with Crippen LogP contribution in [0, 0.1) is 0 Å². The molecule has 2 saturated heterocycles. The normalized spacial score (nSPS) is 28.6. The van der Waals surface area contributed by atoms with Crippen molar-refractivity contribution in [3.63, 3.8) is 0 Å². The number of hydrogen-bond donors (Lipinski definition) is 1. The minimum absolute atomic E-state index is 0.107. The Balaban J connectivity index is 1.38. The van der Waals surface area contributed by atoms with Crippen molar-refractivity contribution in [1.82, 2.24) is 14.7 Å². The van der Waals surface area contributed by atoms with Gasteiger partial charge in [0.2, 0.25) is 0 Å². The summed E-state index contributed by atoms with van der Waals surface area (Å²) < 4.78 is 5.53. The monoisotopic (exact) mass is 381 g/mol. The number of hydrogen-bond acceptors (Lipinski definition) is 5. The predicted molar refractivity (Wildman–Crippen MR) is 109 cm³/mol. The Hall–Kier alpha value is -1.66. The molecular weight excluding hydrogens is 350 g/mol. The van der Waals surface area contributed by atoms with Crippen molar-refractivity contribution in [2.75, 3.05) is 46.3 Å². The van der Waals surface area contributed by atoms with Crippen molar-refractivity contribution in [2.24, 2.45) is 0 Å². The van der Waals surface area contributed by atoms with E-state index in [1.54, 1.807) is 6.26 Å². The van der Waals surface area contributed by atoms with Crippen LogP contribution in [0.4, 0.5) is 0 Å². The Morgan fingerprint density at radius 3 is 2.46 bits per heavy atom. The molecule has 0 bridgehead atoms. The summed E-state index contributed by atoms with van der Waals surface area (Å²) in [6.45, 7) is 7.09. The molecule has 1 N–H and O–H groups in total. The van der Waals surface area contributed by atoms with Crippen LogP contribution >= 0.6 is 0 Å². The molecule has 2 aliphatic heterocycles. The number of rotatable bonds is 3. The van der Waals surface area contributed by atoms with Crippen molar-refractivity contribution in [1.29, 1.82) is 0 Å². The summed E-state index contributed by atoms with van der Waals surface area (Å²) in [6.07, 6.45) is 3.45. The van der Waals surface area contributed by atoms with Crippen molar-refractivity contribution < 1.29 is 9.52 Å². The Kier molecular flexibility index (Phi) is 4.79. The first-order valence-corrected chi connectivity index (χ1v) is 10.6. The summed E-state index contributed by atoms with van der Waals surface area (Å²) in [7, 11) is 2.19. The van der Waals surface area contributed by atoms with Crippen LogP contribution in [0.25, 0.3) is 0 Å². The summed E-state index contributed by atoms with van der Waals surface area (Å²) in [4.78, 5) is 7.36. The van der Waals surface area contributed by atoms with Crippen molar-refractivity contribution in [3.8, 4) is 0 Å². The van der Waals surface area contributed by atoms with E-state index in [1.807, 2.05) is 12.1 Å². The van der Waals surface area contributed by atoms with E-state index in [9.17, 15) is 5.11 Å². The van der Waals surface area contributed by atoms with Crippen LogP contribution in [-0.4, -0.2) is 72.2 Å². The minimum Gasteiger partial charge on any atom is -0.468 e. The fourth-order valence-electron chi connectivity index (χ4n) is 5.63. The van der Waals surface area contributed by atoms with E-state index in [4.69, 9.17) is 4.42 Å². The number of aliphatic hydroxyl groups excluding tert-OH is 1. The van der Waals surface area contributed by atoms with Gasteiger partial charge in [0.05, 0.1) is 25.0 Å². The van der Waals surface area contributed by atoms with Crippen LogP contribution in [0.3, 0.4) is 0 Å². The molecule has 2 fully saturated rings. The van der Waals surface area contributed by atoms with Crippen LogP contribution in [0.1, 0.15) is 35.8 Å². The van der Waals surface area contributed by atoms with Gasteiger partial charge in [-0.2, -0.15) is 0 Å². The summed E-state index contributed by atoms with van der Waals surface area (Å²) in [5.41, 5.74) is 2.65. The number of benzene rings is 1. The minimum atomic E-state index is -0.320. The molecular formula is C23H31N3O2.